The van der Waals surface area contributed by atoms with Crippen LogP contribution in [0.25, 0.3) is 5.76 Å². The minimum absolute atomic E-state index is 0.00570. The highest BCUT2D eigenvalue weighted by atomic mass is 16.5. The van der Waals surface area contributed by atoms with Gasteiger partial charge in [-0.15, -0.1) is 0 Å². The van der Waals surface area contributed by atoms with Crippen LogP contribution in [0.15, 0.2) is 78.4 Å². The molecule has 0 spiro atoms. The number of hydrogen-bond acceptors (Lipinski definition) is 6. The second-order valence-electron chi connectivity index (χ2n) is 7.37. The van der Waals surface area contributed by atoms with Crippen LogP contribution in [0.1, 0.15) is 17.2 Å². The summed E-state index contributed by atoms with van der Waals surface area (Å²) in [7, 11) is 4.65. The second kappa shape index (κ2) is 9.08. The van der Waals surface area contributed by atoms with Gasteiger partial charge in [0.15, 0.2) is 0 Å². The van der Waals surface area contributed by atoms with Crippen molar-refractivity contribution >= 4 is 23.1 Å². The SMILES string of the molecule is COc1ccc(C(O)=C2C(=O)C(=O)N(c3ccc(OC)cc3)[C@H]2c2ccc(OC)cc2)cc1. The zero-order valence-corrected chi connectivity index (χ0v) is 18.4. The molecule has 168 valence electrons. The van der Waals surface area contributed by atoms with Crippen molar-refractivity contribution in [3.63, 3.8) is 0 Å². The van der Waals surface area contributed by atoms with E-state index in [1.807, 2.05) is 0 Å². The number of aliphatic hydroxyl groups is 1. The van der Waals surface area contributed by atoms with E-state index in [-0.39, 0.29) is 11.3 Å². The fourth-order valence-corrected chi connectivity index (χ4v) is 3.85. The molecule has 0 radical (unpaired) electrons. The van der Waals surface area contributed by atoms with Crippen molar-refractivity contribution in [2.45, 2.75) is 6.04 Å². The zero-order chi connectivity index (χ0) is 23.5. The van der Waals surface area contributed by atoms with Crippen LogP contribution in [0, 0.1) is 0 Å². The molecule has 1 N–H and O–H groups in total. The van der Waals surface area contributed by atoms with Crippen LogP contribution >= 0.6 is 0 Å². The largest absolute Gasteiger partial charge is 0.507 e. The molecule has 1 heterocycles. The number of carbonyl (C=O) groups is 2. The fraction of sp³-hybridized carbons (Fsp3) is 0.154. The molecule has 1 amide bonds. The highest BCUT2D eigenvalue weighted by Crippen LogP contribution is 2.42. The van der Waals surface area contributed by atoms with Crippen LogP contribution in [0.5, 0.6) is 17.2 Å². The van der Waals surface area contributed by atoms with Crippen molar-refractivity contribution in [1.82, 2.24) is 0 Å². The molecular weight excluding hydrogens is 422 g/mol. The molecule has 1 fully saturated rings. The molecule has 7 heteroatoms. The molecule has 0 aromatic heterocycles. The summed E-state index contributed by atoms with van der Waals surface area (Å²) in [6.07, 6.45) is 0. The third-order valence-electron chi connectivity index (χ3n) is 5.59. The van der Waals surface area contributed by atoms with Gasteiger partial charge in [-0.2, -0.15) is 0 Å². The summed E-state index contributed by atoms with van der Waals surface area (Å²) in [5, 5.41) is 11.1. The first-order valence-corrected chi connectivity index (χ1v) is 10.2. The number of carbonyl (C=O) groups excluding carboxylic acids is 2. The molecule has 7 nitrogen and oxygen atoms in total. The Hall–Kier alpha value is -4.26. The van der Waals surface area contributed by atoms with Crippen molar-refractivity contribution in [3.8, 4) is 17.2 Å². The smallest absolute Gasteiger partial charge is 0.300 e. The van der Waals surface area contributed by atoms with Crippen LogP contribution in [0.3, 0.4) is 0 Å². The normalized spacial score (nSPS) is 17.2. The maximum atomic E-state index is 13.2. The summed E-state index contributed by atoms with van der Waals surface area (Å²) in [4.78, 5) is 27.7. The highest BCUT2D eigenvalue weighted by molar-refractivity contribution is 6.51. The Labute approximate surface area is 191 Å². The van der Waals surface area contributed by atoms with Gasteiger partial charge >= 0.3 is 0 Å². The van der Waals surface area contributed by atoms with E-state index in [1.165, 1.54) is 4.90 Å². The van der Waals surface area contributed by atoms with E-state index in [2.05, 4.69) is 0 Å². The van der Waals surface area contributed by atoms with E-state index in [0.29, 0.717) is 34.1 Å². The molecule has 0 saturated carbocycles. The number of methoxy groups -OCH3 is 3. The van der Waals surface area contributed by atoms with E-state index in [4.69, 9.17) is 14.2 Å². The molecule has 1 aliphatic rings. The summed E-state index contributed by atoms with van der Waals surface area (Å²) in [6, 6.07) is 19.7. The summed E-state index contributed by atoms with van der Waals surface area (Å²) in [6.45, 7) is 0. The van der Waals surface area contributed by atoms with Gasteiger partial charge in [-0.1, -0.05) is 12.1 Å². The average Bonchev–Trinajstić information content (AvgIpc) is 3.14. The van der Waals surface area contributed by atoms with Crippen molar-refractivity contribution in [2.24, 2.45) is 0 Å². The number of nitrogens with zero attached hydrogens (tertiary/aromatic N) is 1. The van der Waals surface area contributed by atoms with Crippen LogP contribution in [0.2, 0.25) is 0 Å². The quantitative estimate of drug-likeness (QED) is 0.345. The van der Waals surface area contributed by atoms with Crippen molar-refractivity contribution in [2.75, 3.05) is 26.2 Å². The lowest BCUT2D eigenvalue weighted by atomic mass is 9.95. The van der Waals surface area contributed by atoms with Crippen molar-refractivity contribution < 1.29 is 28.9 Å². The van der Waals surface area contributed by atoms with Gasteiger partial charge in [0.25, 0.3) is 11.7 Å². The molecule has 0 unspecified atom stereocenters. The van der Waals surface area contributed by atoms with Gasteiger partial charge in [0, 0.05) is 11.3 Å². The number of ketones is 1. The lowest BCUT2D eigenvalue weighted by Gasteiger charge is -2.25. The minimum Gasteiger partial charge on any atom is -0.507 e. The number of amides is 1. The Morgan fingerprint density at radius 2 is 1.18 bits per heavy atom. The molecule has 3 aromatic carbocycles. The number of hydrogen-bond donors (Lipinski definition) is 1. The average molecular weight is 445 g/mol. The van der Waals surface area contributed by atoms with E-state index >= 15 is 0 Å². The molecule has 1 saturated heterocycles. The molecule has 0 bridgehead atoms. The van der Waals surface area contributed by atoms with Gasteiger partial charge in [0.2, 0.25) is 0 Å². The van der Waals surface area contributed by atoms with Gasteiger partial charge in [-0.25, -0.2) is 0 Å². The summed E-state index contributed by atoms with van der Waals surface area (Å²) < 4.78 is 15.6. The zero-order valence-electron chi connectivity index (χ0n) is 18.4. The lowest BCUT2D eigenvalue weighted by molar-refractivity contribution is -0.132. The second-order valence-corrected chi connectivity index (χ2v) is 7.37. The number of Topliss-reactive ketones (excluding diaryl/α,β-unsaturated/α-hetero) is 1. The number of ether oxygens (including phenoxy) is 3. The number of aliphatic hydroxyl groups excluding tert-OH is 1. The Balaban J connectivity index is 1.89. The Bertz CT molecular complexity index is 1200. The van der Waals surface area contributed by atoms with E-state index < -0.39 is 17.7 Å². The maximum absolute atomic E-state index is 13.2. The van der Waals surface area contributed by atoms with Crippen molar-refractivity contribution in [3.05, 3.63) is 89.5 Å². The summed E-state index contributed by atoms with van der Waals surface area (Å²) in [5.74, 6) is 0.116. The van der Waals surface area contributed by atoms with Gasteiger partial charge in [-0.05, 0) is 66.2 Å². The Morgan fingerprint density at radius 3 is 1.67 bits per heavy atom. The van der Waals surface area contributed by atoms with Crippen molar-refractivity contribution in [1.29, 1.82) is 0 Å². The summed E-state index contributed by atoms with van der Waals surface area (Å²) in [5.41, 5.74) is 1.57. The molecule has 1 aliphatic heterocycles. The topological polar surface area (TPSA) is 85.3 Å². The Morgan fingerprint density at radius 1 is 0.727 bits per heavy atom. The monoisotopic (exact) mass is 445 g/mol. The van der Waals surface area contributed by atoms with Crippen LogP contribution in [-0.4, -0.2) is 38.1 Å². The molecule has 3 aromatic rings. The minimum atomic E-state index is -0.827. The van der Waals surface area contributed by atoms with E-state index in [1.54, 1.807) is 94.1 Å². The third-order valence-corrected chi connectivity index (χ3v) is 5.59. The first-order valence-electron chi connectivity index (χ1n) is 10.2. The van der Waals surface area contributed by atoms with Gasteiger partial charge in [0.05, 0.1) is 32.9 Å². The number of benzene rings is 3. The fourth-order valence-electron chi connectivity index (χ4n) is 3.85. The Kier molecular flexibility index (Phi) is 6.04. The first-order chi connectivity index (χ1) is 16.0. The van der Waals surface area contributed by atoms with E-state index in [0.717, 1.165) is 0 Å². The number of anilines is 1. The summed E-state index contributed by atoms with van der Waals surface area (Å²) >= 11 is 0. The lowest BCUT2D eigenvalue weighted by Crippen LogP contribution is -2.29. The molecular formula is C26H23NO6. The van der Waals surface area contributed by atoms with Crippen LogP contribution in [0.4, 0.5) is 5.69 Å². The first kappa shape index (κ1) is 22.0. The molecule has 1 atom stereocenters. The predicted molar refractivity (Wildman–Crippen MR) is 124 cm³/mol. The maximum Gasteiger partial charge on any atom is 0.300 e. The van der Waals surface area contributed by atoms with Gasteiger partial charge in [0.1, 0.15) is 23.0 Å². The highest BCUT2D eigenvalue weighted by Gasteiger charge is 2.47. The molecule has 0 aliphatic carbocycles. The van der Waals surface area contributed by atoms with E-state index in [9.17, 15) is 14.7 Å². The van der Waals surface area contributed by atoms with Gasteiger partial charge in [-0.3, -0.25) is 14.5 Å². The van der Waals surface area contributed by atoms with Crippen LogP contribution < -0.4 is 19.1 Å². The molecule has 4 rings (SSSR count). The third kappa shape index (κ3) is 4.01. The molecule has 33 heavy (non-hydrogen) atoms. The standard InChI is InChI=1S/C26H23NO6/c1-31-19-10-4-16(5-11-19)23-22(24(28)17-6-12-20(32-2)13-7-17)25(29)26(30)27(23)18-8-14-21(33-3)15-9-18/h4-15,23,28H,1-3H3/t23-/m0/s1. The van der Waals surface area contributed by atoms with Crippen LogP contribution in [-0.2, 0) is 9.59 Å². The van der Waals surface area contributed by atoms with Gasteiger partial charge < -0.3 is 19.3 Å². The predicted octanol–water partition coefficient (Wildman–Crippen LogP) is 4.34. The number of rotatable bonds is 6.